The number of pyridine rings is 2. The Morgan fingerprint density at radius 2 is 0.991 bits per heavy atom. The summed E-state index contributed by atoms with van der Waals surface area (Å²) in [5.41, 5.74) is 17.0. The third-order valence-corrected chi connectivity index (χ3v) is 17.8. The van der Waals surface area contributed by atoms with Gasteiger partial charge in [-0.15, -0.1) is 36.8 Å². The predicted octanol–water partition coefficient (Wildman–Crippen LogP) is 16.4. The van der Waals surface area contributed by atoms with Gasteiger partial charge in [-0.2, -0.15) is 0 Å². The third kappa shape index (κ3) is 25.2. The molecule has 0 fully saturated rings. The van der Waals surface area contributed by atoms with Crippen molar-refractivity contribution in [3.63, 3.8) is 0 Å². The number of anilines is 8. The van der Waals surface area contributed by atoms with E-state index in [0.717, 1.165) is 132 Å². The number of thiazole rings is 1. The van der Waals surface area contributed by atoms with Gasteiger partial charge in [0.2, 0.25) is 5.71 Å². The van der Waals surface area contributed by atoms with Crippen molar-refractivity contribution in [1.82, 2.24) is 109 Å². The quantitative estimate of drug-likeness (QED) is 0.0420. The van der Waals surface area contributed by atoms with Crippen LogP contribution in [0.1, 0.15) is 122 Å². The summed E-state index contributed by atoms with van der Waals surface area (Å²) in [5.74, 6) is 3.41. The Labute approximate surface area is 658 Å². The normalized spacial score (nSPS) is 11.1. The van der Waals surface area contributed by atoms with Gasteiger partial charge in [-0.05, 0) is 179 Å². The highest BCUT2D eigenvalue weighted by atomic mass is 32.1. The molecule has 0 radical (unpaired) electrons. The molecule has 31 nitrogen and oxygen atoms in total. The summed E-state index contributed by atoms with van der Waals surface area (Å²) in [6, 6.07) is 29.7. The maximum atomic E-state index is 5.39. The largest absolute Gasteiger partial charge is 0.421 e. The molecule has 0 aliphatic heterocycles. The van der Waals surface area contributed by atoms with E-state index in [1.54, 1.807) is 85.4 Å². The zero-order valence-corrected chi connectivity index (χ0v) is 69.7. The van der Waals surface area contributed by atoms with Gasteiger partial charge in [0.25, 0.3) is 0 Å². The number of rotatable bonds is 17. The van der Waals surface area contributed by atoms with Crippen LogP contribution in [0.4, 0.5) is 44.5 Å². The molecule has 16 aromatic rings. The van der Waals surface area contributed by atoms with Crippen LogP contribution in [-0.4, -0.2) is 157 Å². The summed E-state index contributed by atoms with van der Waals surface area (Å²) in [4.78, 5) is 39.8. The molecule has 0 bridgehead atoms. The van der Waals surface area contributed by atoms with Gasteiger partial charge >= 0.3 is 0 Å². The minimum atomic E-state index is 0.348. The van der Waals surface area contributed by atoms with Crippen LogP contribution < -0.4 is 42.5 Å². The maximum Gasteiger partial charge on any atom is 0.247 e. The van der Waals surface area contributed by atoms with E-state index in [9.17, 15) is 0 Å². The number of nitrogens with zero attached hydrogens (tertiary/aromatic N) is 22. The van der Waals surface area contributed by atoms with Gasteiger partial charge in [0.05, 0.1) is 55.2 Å². The van der Waals surface area contributed by atoms with Crippen molar-refractivity contribution in [3.05, 3.63) is 146 Å². The summed E-state index contributed by atoms with van der Waals surface area (Å²) in [6.45, 7) is 37.5. The van der Waals surface area contributed by atoms with Crippen LogP contribution in [0, 0.1) is 13.8 Å². The Morgan fingerprint density at radius 3 is 1.63 bits per heavy atom. The molecule has 0 saturated heterocycles. The molecule has 16 rings (SSSR count). The lowest BCUT2D eigenvalue weighted by atomic mass is 10.2. The molecular formula is C77H104N30OS3. The van der Waals surface area contributed by atoms with Gasteiger partial charge in [-0.3, -0.25) is 9.38 Å². The van der Waals surface area contributed by atoms with E-state index in [2.05, 4.69) is 268 Å². The number of aromatic nitrogens is 22. The van der Waals surface area contributed by atoms with E-state index in [-0.39, 0.29) is 0 Å². The third-order valence-electron chi connectivity index (χ3n) is 15.1. The molecule has 0 saturated carbocycles. The van der Waals surface area contributed by atoms with Crippen LogP contribution in [0.25, 0.3) is 81.5 Å². The molecule has 0 atom stereocenters. The molecule has 586 valence electrons. The van der Waals surface area contributed by atoms with Crippen molar-refractivity contribution < 1.29 is 4.42 Å². The van der Waals surface area contributed by atoms with Gasteiger partial charge in [0.1, 0.15) is 56.0 Å². The van der Waals surface area contributed by atoms with E-state index in [1.807, 2.05) is 119 Å². The lowest BCUT2D eigenvalue weighted by Gasteiger charge is -2.10. The number of hydrogen-bond donors (Lipinski definition) is 8. The summed E-state index contributed by atoms with van der Waals surface area (Å²) in [7, 11) is 7.61. The standard InChI is InChI=1S/C13H18N4.2C10H14N4.C9H13N5.C9H11N3O.2C9H11N3S.C8H12N4S/c1-9(2)14-12-7-5-11(6-8-12)13-16-15-10(3)17(13)4;1-7(2)12-9-4-10-13-8(3)5-14(10)6-11-9;1-7(2)11-8-4-5-9-10(6-8)14(3)13-12-9;1-6(2)11-7-4-8-9(10-5-7)14(3)13-12-8;1-6(2)12-8-5-7-9(13-8)11-4-3-10-7;1-6(2)12-7-3-8-9(10-4-7)11-5-13-8;1-6(2)12-8-5-7-9(13-8)11-4-3-10-7;1-5(2)9-7-4-6-8(13-7)10-11-12(6)3/h5-9,14H,1-4H3;4-7,12H,1-3H3;4-7,11H,1-3H3;4-6,11H,1-3H3;3*3-6,12H,1-2H3;4-5,9H,1-3H3. The topological polar surface area (TPSA) is 353 Å². The lowest BCUT2D eigenvalue weighted by molar-refractivity contribution is 0.605. The second kappa shape index (κ2) is 39.6. The number of thiophene rings is 2. The van der Waals surface area contributed by atoms with E-state index in [4.69, 9.17) is 4.42 Å². The molecule has 34 heteroatoms. The lowest BCUT2D eigenvalue weighted by Crippen LogP contribution is -2.11. The number of furan rings is 1. The number of hydrogen-bond acceptors (Lipinski definition) is 29. The average Bonchev–Trinajstić information content (AvgIpc) is 1.68. The molecule has 14 heterocycles. The monoisotopic (exact) mass is 1560 g/mol. The van der Waals surface area contributed by atoms with Gasteiger partial charge in [0.15, 0.2) is 27.8 Å². The van der Waals surface area contributed by atoms with Crippen molar-refractivity contribution >= 4 is 149 Å². The fourth-order valence-corrected chi connectivity index (χ4v) is 13.2. The van der Waals surface area contributed by atoms with Crippen molar-refractivity contribution in [2.75, 3.05) is 42.5 Å². The van der Waals surface area contributed by atoms with Gasteiger partial charge < -0.3 is 51.5 Å². The van der Waals surface area contributed by atoms with Crippen LogP contribution in [0.5, 0.6) is 0 Å². The first kappa shape index (κ1) is 83.4. The molecular weight excluding hydrogens is 1460 g/mol. The fraction of sp³-hybridized carbons (Fsp3) is 0.390. The highest BCUT2D eigenvalue weighted by Gasteiger charge is 2.13. The van der Waals surface area contributed by atoms with Crippen molar-refractivity contribution in [2.45, 2.75) is 173 Å². The van der Waals surface area contributed by atoms with Gasteiger partial charge in [-0.25, -0.2) is 53.9 Å². The van der Waals surface area contributed by atoms with E-state index >= 15 is 0 Å². The van der Waals surface area contributed by atoms with Gasteiger partial charge in [-0.1, -0.05) is 38.3 Å². The summed E-state index contributed by atoms with van der Waals surface area (Å²) in [5, 5.41) is 60.7. The second-order valence-electron chi connectivity index (χ2n) is 28.3. The molecule has 111 heavy (non-hydrogen) atoms. The highest BCUT2D eigenvalue weighted by Crippen LogP contribution is 2.29. The Bertz CT molecular complexity index is 5320. The number of benzene rings is 2. The van der Waals surface area contributed by atoms with Crippen molar-refractivity contribution in [3.8, 4) is 11.4 Å². The van der Waals surface area contributed by atoms with Crippen LogP contribution in [0.2, 0.25) is 0 Å². The molecule has 8 N–H and O–H groups in total. The Kier molecular flexibility index (Phi) is 29.8. The molecule has 0 spiro atoms. The molecule has 0 aliphatic carbocycles. The van der Waals surface area contributed by atoms with Crippen LogP contribution in [-0.2, 0) is 28.2 Å². The SMILES string of the molecule is CC(C)Nc1cc2c(nnn2C)s1.CC(C)Nc1cc2nccnc2o1.CC(C)Nc1cc2nccnc2s1.CC(C)Nc1ccc2nnn(C)c2c1.CC(C)Nc1cnc2c(c1)nnn2C.CC(C)Nc1cnc2ncsc2c1.Cc1cn2cnc(NC(C)C)cc2n1.Cc1nnc(-c2ccc(NC(C)C)cc2)n1C. The minimum absolute atomic E-state index is 0.348. The Morgan fingerprint density at radius 1 is 0.423 bits per heavy atom. The van der Waals surface area contributed by atoms with Crippen molar-refractivity contribution in [2.24, 2.45) is 28.2 Å². The maximum absolute atomic E-state index is 5.39. The van der Waals surface area contributed by atoms with Crippen LogP contribution in [0.15, 0.2) is 138 Å². The number of nitrogens with one attached hydrogen (secondary N) is 8. The number of imidazole rings is 1. The van der Waals surface area contributed by atoms with E-state index in [1.165, 1.54) is 0 Å². The molecule has 14 aromatic heterocycles. The second-order valence-corrected chi connectivity index (χ2v) is 31.3. The first-order chi connectivity index (χ1) is 53.0. The molecule has 0 aliphatic rings. The fourth-order valence-electron chi connectivity index (χ4n) is 10.5. The minimum Gasteiger partial charge on any atom is -0.421 e. The van der Waals surface area contributed by atoms with E-state index < -0.39 is 0 Å². The first-order valence-corrected chi connectivity index (χ1v) is 39.2. The Balaban J connectivity index is 0.000000146. The molecule has 2 aromatic carbocycles. The van der Waals surface area contributed by atoms with Crippen molar-refractivity contribution in [1.29, 1.82) is 0 Å². The molecule has 0 unspecified atom stereocenters. The predicted molar refractivity (Wildman–Crippen MR) is 457 cm³/mol. The Hall–Kier alpha value is -11.7. The smallest absolute Gasteiger partial charge is 0.247 e. The zero-order chi connectivity index (χ0) is 80.0. The van der Waals surface area contributed by atoms with Crippen LogP contribution in [0.3, 0.4) is 0 Å². The van der Waals surface area contributed by atoms with Gasteiger partial charge in [0, 0.05) is 149 Å². The summed E-state index contributed by atoms with van der Waals surface area (Å²) < 4.78 is 15.7. The zero-order valence-electron chi connectivity index (χ0n) is 67.3. The average molecular weight is 1560 g/mol. The number of fused-ring (bicyclic) bond motifs is 7. The summed E-state index contributed by atoms with van der Waals surface area (Å²) in [6.07, 6.45) is 14.1. The van der Waals surface area contributed by atoms with Crippen LogP contribution >= 0.6 is 34.0 Å². The first-order valence-electron chi connectivity index (χ1n) is 36.7. The van der Waals surface area contributed by atoms with E-state index in [0.29, 0.717) is 54.0 Å². The molecule has 0 amide bonds. The summed E-state index contributed by atoms with van der Waals surface area (Å²) >= 11 is 4.90. The number of aryl methyl sites for hydroxylation is 5. The highest BCUT2D eigenvalue weighted by molar-refractivity contribution is 7.22.